The number of amides is 1. The van der Waals surface area contributed by atoms with Crippen molar-refractivity contribution in [3.05, 3.63) is 66.4 Å². The lowest BCUT2D eigenvalue weighted by molar-refractivity contribution is 0.101. The number of para-hydroxylation sites is 2. The van der Waals surface area contributed by atoms with Crippen LogP contribution >= 0.6 is 0 Å². The maximum Gasteiger partial charge on any atom is 0.281 e. The van der Waals surface area contributed by atoms with Gasteiger partial charge in [-0.1, -0.05) is 41.6 Å². The zero-order valence-electron chi connectivity index (χ0n) is 12.6. The van der Waals surface area contributed by atoms with Crippen molar-refractivity contribution in [3.63, 3.8) is 0 Å². The first-order chi connectivity index (χ1) is 11.3. The zero-order chi connectivity index (χ0) is 16.1. The summed E-state index contributed by atoms with van der Waals surface area (Å²) in [5.41, 5.74) is 1.62. The summed E-state index contributed by atoms with van der Waals surface area (Å²) in [5, 5.41) is 10.8. The molecule has 0 aliphatic carbocycles. The summed E-state index contributed by atoms with van der Waals surface area (Å²) in [7, 11) is 0. The molecule has 0 unspecified atom stereocenters. The lowest BCUT2D eigenvalue weighted by Gasteiger charge is -2.08. The molecule has 1 heterocycles. The molecule has 3 aromatic rings. The molecule has 23 heavy (non-hydrogen) atoms. The minimum atomic E-state index is -0.359. The van der Waals surface area contributed by atoms with E-state index in [0.29, 0.717) is 18.2 Å². The van der Waals surface area contributed by atoms with E-state index in [9.17, 15) is 4.79 Å². The molecule has 1 N–H and O–H groups in total. The molecular weight excluding hydrogens is 292 g/mol. The van der Waals surface area contributed by atoms with Gasteiger partial charge in [-0.2, -0.15) is 4.68 Å². The maximum atomic E-state index is 12.4. The zero-order valence-corrected chi connectivity index (χ0v) is 12.6. The van der Waals surface area contributed by atoms with E-state index in [1.54, 1.807) is 12.1 Å². The average Bonchev–Trinajstić information content (AvgIpc) is 3.01. The van der Waals surface area contributed by atoms with Crippen LogP contribution in [0.3, 0.4) is 0 Å². The molecule has 0 aliphatic rings. The van der Waals surface area contributed by atoms with E-state index < -0.39 is 0 Å². The van der Waals surface area contributed by atoms with Gasteiger partial charge in [0.25, 0.3) is 11.8 Å². The van der Waals surface area contributed by atoms with Gasteiger partial charge in [-0.3, -0.25) is 4.79 Å². The number of nitrogens with one attached hydrogen (secondary N) is 1. The predicted octanol–water partition coefficient (Wildman–Crippen LogP) is 2.92. The van der Waals surface area contributed by atoms with Crippen molar-refractivity contribution in [3.8, 4) is 11.6 Å². The first kappa shape index (κ1) is 14.8. The van der Waals surface area contributed by atoms with E-state index >= 15 is 0 Å². The largest absolute Gasteiger partial charge is 0.476 e. The number of carbonyl (C=O) groups excluding carboxylic acids is 1. The SMILES string of the molecule is CCOc1c(C(=O)Nc2ccccc2)nnn1-c1ccccc1. The number of hydrogen-bond donors (Lipinski definition) is 1. The second-order valence-electron chi connectivity index (χ2n) is 4.74. The topological polar surface area (TPSA) is 69.0 Å². The third-order valence-corrected chi connectivity index (χ3v) is 3.16. The Bertz CT molecular complexity index is 785. The summed E-state index contributed by atoms with van der Waals surface area (Å²) in [5.74, 6) is -0.0334. The Hall–Kier alpha value is -3.15. The van der Waals surface area contributed by atoms with Crippen LogP contribution in [-0.2, 0) is 0 Å². The van der Waals surface area contributed by atoms with Gasteiger partial charge in [0.15, 0.2) is 0 Å². The highest BCUT2D eigenvalue weighted by Crippen LogP contribution is 2.21. The Balaban J connectivity index is 1.93. The molecule has 1 aromatic heterocycles. The molecule has 0 spiro atoms. The number of carbonyl (C=O) groups is 1. The average molecular weight is 308 g/mol. The summed E-state index contributed by atoms with van der Waals surface area (Å²) in [6.07, 6.45) is 0. The second-order valence-corrected chi connectivity index (χ2v) is 4.74. The number of rotatable bonds is 5. The van der Waals surface area contributed by atoms with Gasteiger partial charge in [0.1, 0.15) is 0 Å². The normalized spacial score (nSPS) is 10.3. The molecule has 116 valence electrons. The molecule has 0 fully saturated rings. The van der Waals surface area contributed by atoms with Gasteiger partial charge < -0.3 is 10.1 Å². The lowest BCUT2D eigenvalue weighted by atomic mass is 10.3. The van der Waals surface area contributed by atoms with Gasteiger partial charge in [0.05, 0.1) is 12.3 Å². The number of benzene rings is 2. The van der Waals surface area contributed by atoms with Crippen molar-refractivity contribution in [1.82, 2.24) is 15.0 Å². The van der Waals surface area contributed by atoms with E-state index in [-0.39, 0.29) is 11.6 Å². The molecule has 0 aliphatic heterocycles. The molecule has 6 nitrogen and oxygen atoms in total. The van der Waals surface area contributed by atoms with Crippen LogP contribution in [0.1, 0.15) is 17.4 Å². The van der Waals surface area contributed by atoms with Gasteiger partial charge in [0.2, 0.25) is 5.69 Å². The van der Waals surface area contributed by atoms with Crippen molar-refractivity contribution in [2.45, 2.75) is 6.92 Å². The lowest BCUT2D eigenvalue weighted by Crippen LogP contribution is -2.14. The third kappa shape index (κ3) is 3.21. The number of hydrogen-bond acceptors (Lipinski definition) is 4. The Kier molecular flexibility index (Phi) is 4.33. The summed E-state index contributed by atoms with van der Waals surface area (Å²) >= 11 is 0. The molecule has 0 saturated heterocycles. The molecule has 6 heteroatoms. The fraction of sp³-hybridized carbons (Fsp3) is 0.118. The van der Waals surface area contributed by atoms with Crippen LogP contribution in [0.5, 0.6) is 5.88 Å². The Morgan fingerprint density at radius 1 is 1.09 bits per heavy atom. The van der Waals surface area contributed by atoms with Crippen molar-refractivity contribution < 1.29 is 9.53 Å². The van der Waals surface area contributed by atoms with Crippen molar-refractivity contribution in [1.29, 1.82) is 0 Å². The minimum absolute atomic E-state index is 0.152. The molecule has 0 radical (unpaired) electrons. The molecule has 1 amide bonds. The minimum Gasteiger partial charge on any atom is -0.476 e. The van der Waals surface area contributed by atoms with Crippen molar-refractivity contribution in [2.24, 2.45) is 0 Å². The molecule has 0 saturated carbocycles. The highest BCUT2D eigenvalue weighted by atomic mass is 16.5. The summed E-state index contributed by atoms with van der Waals surface area (Å²) in [4.78, 5) is 12.4. The van der Waals surface area contributed by atoms with E-state index in [1.165, 1.54) is 4.68 Å². The first-order valence-electron chi connectivity index (χ1n) is 7.30. The Morgan fingerprint density at radius 3 is 2.39 bits per heavy atom. The summed E-state index contributed by atoms with van der Waals surface area (Å²) in [6, 6.07) is 18.6. The highest BCUT2D eigenvalue weighted by molar-refractivity contribution is 6.04. The standard InChI is InChI=1S/C17H16N4O2/c1-2-23-17-15(16(22)18-13-9-5-3-6-10-13)19-20-21(17)14-11-7-4-8-12-14/h3-12H,2H2,1H3,(H,18,22). The van der Waals surface area contributed by atoms with Gasteiger partial charge >= 0.3 is 0 Å². The van der Waals surface area contributed by atoms with Crippen molar-refractivity contribution in [2.75, 3.05) is 11.9 Å². The number of nitrogens with zero attached hydrogens (tertiary/aromatic N) is 3. The Labute approximate surface area is 133 Å². The predicted molar refractivity (Wildman–Crippen MR) is 86.9 cm³/mol. The number of anilines is 1. The monoisotopic (exact) mass is 308 g/mol. The molecule has 3 rings (SSSR count). The van der Waals surface area contributed by atoms with Crippen LogP contribution in [0.15, 0.2) is 60.7 Å². The fourth-order valence-electron chi connectivity index (χ4n) is 2.13. The second kappa shape index (κ2) is 6.74. The first-order valence-corrected chi connectivity index (χ1v) is 7.30. The van der Waals surface area contributed by atoms with Crippen molar-refractivity contribution >= 4 is 11.6 Å². The van der Waals surface area contributed by atoms with Crippen LogP contribution in [0.4, 0.5) is 5.69 Å². The van der Waals surface area contributed by atoms with E-state index in [1.807, 2.05) is 55.5 Å². The maximum absolute atomic E-state index is 12.4. The summed E-state index contributed by atoms with van der Waals surface area (Å²) < 4.78 is 7.12. The number of ether oxygens (including phenoxy) is 1. The third-order valence-electron chi connectivity index (χ3n) is 3.16. The van der Waals surface area contributed by atoms with E-state index in [0.717, 1.165) is 5.69 Å². The highest BCUT2D eigenvalue weighted by Gasteiger charge is 2.22. The van der Waals surface area contributed by atoms with Crippen LogP contribution in [0, 0.1) is 0 Å². The summed E-state index contributed by atoms with van der Waals surface area (Å²) in [6.45, 7) is 2.26. The van der Waals surface area contributed by atoms with E-state index in [4.69, 9.17) is 4.74 Å². The molecule has 0 atom stereocenters. The van der Waals surface area contributed by atoms with Gasteiger partial charge in [0, 0.05) is 5.69 Å². The van der Waals surface area contributed by atoms with Gasteiger partial charge in [-0.15, -0.1) is 5.10 Å². The van der Waals surface area contributed by atoms with Crippen LogP contribution in [0.25, 0.3) is 5.69 Å². The van der Waals surface area contributed by atoms with Crippen LogP contribution in [0.2, 0.25) is 0 Å². The smallest absolute Gasteiger partial charge is 0.281 e. The molecule has 2 aromatic carbocycles. The molecule has 0 bridgehead atoms. The van der Waals surface area contributed by atoms with Gasteiger partial charge in [-0.05, 0) is 31.2 Å². The van der Waals surface area contributed by atoms with Gasteiger partial charge in [-0.25, -0.2) is 0 Å². The van der Waals surface area contributed by atoms with E-state index in [2.05, 4.69) is 15.6 Å². The van der Waals surface area contributed by atoms with Crippen LogP contribution < -0.4 is 10.1 Å². The fourth-order valence-corrected chi connectivity index (χ4v) is 2.13. The number of aromatic nitrogens is 3. The molecular formula is C17H16N4O2. The van der Waals surface area contributed by atoms with Crippen LogP contribution in [-0.4, -0.2) is 27.5 Å². The Morgan fingerprint density at radius 2 is 1.74 bits per heavy atom. The quantitative estimate of drug-likeness (QED) is 0.787.